The highest BCUT2D eigenvalue weighted by Gasteiger charge is 2.18. The predicted molar refractivity (Wildman–Crippen MR) is 71.2 cm³/mol. The summed E-state index contributed by atoms with van der Waals surface area (Å²) in [5.41, 5.74) is 4.95. The third-order valence-electron chi connectivity index (χ3n) is 2.17. The van der Waals surface area contributed by atoms with Crippen molar-refractivity contribution in [3.8, 4) is 0 Å². The summed E-state index contributed by atoms with van der Waals surface area (Å²) < 4.78 is 5.25. The normalized spacial score (nSPS) is 10.3. The fourth-order valence-corrected chi connectivity index (χ4v) is 1.24. The van der Waals surface area contributed by atoms with E-state index in [1.54, 1.807) is 0 Å². The summed E-state index contributed by atoms with van der Waals surface area (Å²) in [6.45, 7) is 0.790. The lowest BCUT2D eigenvalue weighted by atomic mass is 10.4. The molecular weight excluding hydrogens is 268 g/mol. The number of nitrogens with one attached hydrogen (secondary N) is 1. The van der Waals surface area contributed by atoms with Crippen molar-refractivity contribution in [1.29, 1.82) is 0 Å². The number of carbonyl (C=O) groups is 3. The van der Waals surface area contributed by atoms with Gasteiger partial charge in [0.1, 0.15) is 13.1 Å². The lowest BCUT2D eigenvalue weighted by Gasteiger charge is -2.19. The molecule has 0 rings (SSSR count). The topological polar surface area (TPSA) is 125 Å². The molecule has 0 aliphatic rings. The second-order valence-corrected chi connectivity index (χ2v) is 4.36. The third-order valence-corrected chi connectivity index (χ3v) is 2.17. The van der Waals surface area contributed by atoms with Gasteiger partial charge in [0, 0.05) is 13.1 Å². The molecule has 0 saturated carbocycles. The summed E-state index contributed by atoms with van der Waals surface area (Å²) in [6.07, 6.45) is 0. The van der Waals surface area contributed by atoms with Crippen LogP contribution < -0.4 is 11.1 Å². The van der Waals surface area contributed by atoms with Crippen molar-refractivity contribution >= 4 is 17.9 Å². The fraction of sp³-hybridized carbons (Fsp3) is 0.727. The summed E-state index contributed by atoms with van der Waals surface area (Å²) in [5, 5.41) is 11.1. The van der Waals surface area contributed by atoms with Crippen molar-refractivity contribution < 1.29 is 24.2 Å². The number of aliphatic carboxylic acids is 1. The zero-order chi connectivity index (χ0) is 15.5. The van der Waals surface area contributed by atoms with Gasteiger partial charge < -0.3 is 30.7 Å². The van der Waals surface area contributed by atoms with Crippen LogP contribution in [0.5, 0.6) is 0 Å². The molecule has 0 radical (unpaired) electrons. The molecule has 9 nitrogen and oxygen atoms in total. The Morgan fingerprint density at radius 1 is 1.20 bits per heavy atom. The van der Waals surface area contributed by atoms with Crippen LogP contribution in [0.3, 0.4) is 0 Å². The number of nitrogens with zero attached hydrogens (tertiary/aromatic N) is 2. The number of nitrogens with two attached hydrogens (primary N) is 1. The highest BCUT2D eigenvalue weighted by atomic mass is 16.5. The Bertz CT molecular complexity index is 319. The Kier molecular flexibility index (Phi) is 9.05. The molecule has 20 heavy (non-hydrogen) atoms. The molecule has 0 fully saturated rings. The molecule has 0 aromatic carbocycles. The van der Waals surface area contributed by atoms with E-state index < -0.39 is 31.0 Å². The molecule has 0 aliphatic heterocycles. The molecule has 0 aromatic heterocycles. The van der Waals surface area contributed by atoms with Crippen LogP contribution in [0, 0.1) is 0 Å². The second-order valence-electron chi connectivity index (χ2n) is 4.36. The number of rotatable bonds is 10. The molecule has 0 aromatic rings. The quantitative estimate of drug-likeness (QED) is 0.405. The van der Waals surface area contributed by atoms with Crippen molar-refractivity contribution in [2.24, 2.45) is 5.73 Å². The molecule has 0 spiro atoms. The number of likely N-dealkylation sites (N-methyl/N-ethyl adjacent to an activating group) is 1. The molecular formula is C11H22N4O5. The van der Waals surface area contributed by atoms with Crippen LogP contribution in [0.25, 0.3) is 0 Å². The minimum absolute atomic E-state index is 0.223. The number of hydrogen-bond acceptors (Lipinski definition) is 5. The summed E-state index contributed by atoms with van der Waals surface area (Å²) in [6, 6.07) is -0.664. The fourth-order valence-electron chi connectivity index (χ4n) is 1.24. The van der Waals surface area contributed by atoms with Gasteiger partial charge in [0.05, 0.1) is 13.2 Å². The van der Waals surface area contributed by atoms with E-state index in [9.17, 15) is 14.4 Å². The van der Waals surface area contributed by atoms with E-state index >= 15 is 0 Å². The summed E-state index contributed by atoms with van der Waals surface area (Å²) in [5.74, 6) is -1.99. The van der Waals surface area contributed by atoms with E-state index in [0.29, 0.717) is 13.2 Å². The molecule has 0 heterocycles. The highest BCUT2D eigenvalue weighted by Crippen LogP contribution is 1.89. The van der Waals surface area contributed by atoms with Crippen LogP contribution >= 0.6 is 0 Å². The SMILES string of the molecule is CN(C)CCOCCNC(=O)N(CC(N)=O)CC(=O)O. The largest absolute Gasteiger partial charge is 0.480 e. The van der Waals surface area contributed by atoms with Crippen LogP contribution in [-0.4, -0.2) is 86.3 Å². The first-order valence-electron chi connectivity index (χ1n) is 6.08. The van der Waals surface area contributed by atoms with Crippen LogP contribution in [-0.2, 0) is 14.3 Å². The van der Waals surface area contributed by atoms with Crippen LogP contribution in [0.1, 0.15) is 0 Å². The smallest absolute Gasteiger partial charge is 0.323 e. The first kappa shape index (κ1) is 18.1. The number of primary amides is 1. The molecule has 4 N–H and O–H groups in total. The zero-order valence-electron chi connectivity index (χ0n) is 11.8. The monoisotopic (exact) mass is 290 g/mol. The van der Waals surface area contributed by atoms with Gasteiger partial charge >= 0.3 is 12.0 Å². The number of carboxylic acids is 1. The number of hydrogen-bond donors (Lipinski definition) is 3. The van der Waals surface area contributed by atoms with Crippen LogP contribution in [0.4, 0.5) is 4.79 Å². The summed E-state index contributed by atoms with van der Waals surface area (Å²) >= 11 is 0. The maximum Gasteiger partial charge on any atom is 0.323 e. The minimum atomic E-state index is -1.22. The lowest BCUT2D eigenvalue weighted by Crippen LogP contribution is -2.47. The molecule has 0 saturated heterocycles. The summed E-state index contributed by atoms with van der Waals surface area (Å²) in [4.78, 5) is 35.7. The van der Waals surface area contributed by atoms with E-state index in [4.69, 9.17) is 15.6 Å². The van der Waals surface area contributed by atoms with E-state index in [0.717, 1.165) is 11.4 Å². The van der Waals surface area contributed by atoms with E-state index in [1.165, 1.54) is 0 Å². The van der Waals surface area contributed by atoms with Crippen molar-refractivity contribution in [2.75, 3.05) is 53.5 Å². The standard InChI is InChI=1S/C11H22N4O5/c1-14(2)4-6-20-5-3-13-11(19)15(7-9(12)16)8-10(17)18/h3-8H2,1-2H3,(H2,12,16)(H,13,19)(H,17,18). The summed E-state index contributed by atoms with van der Waals surface area (Å²) in [7, 11) is 3.83. The van der Waals surface area contributed by atoms with E-state index in [2.05, 4.69) is 5.32 Å². The molecule has 0 aliphatic carbocycles. The molecule has 116 valence electrons. The second kappa shape index (κ2) is 9.98. The van der Waals surface area contributed by atoms with Crippen molar-refractivity contribution in [1.82, 2.24) is 15.1 Å². The maximum atomic E-state index is 11.6. The number of carbonyl (C=O) groups excluding carboxylic acids is 2. The van der Waals surface area contributed by atoms with Gasteiger partial charge in [0.15, 0.2) is 0 Å². The highest BCUT2D eigenvalue weighted by molar-refractivity contribution is 5.85. The van der Waals surface area contributed by atoms with Gasteiger partial charge in [-0.05, 0) is 14.1 Å². The van der Waals surface area contributed by atoms with Crippen molar-refractivity contribution in [2.45, 2.75) is 0 Å². The molecule has 0 unspecified atom stereocenters. The molecule has 3 amide bonds. The maximum absolute atomic E-state index is 11.6. The average Bonchev–Trinajstić information content (AvgIpc) is 2.30. The first-order chi connectivity index (χ1) is 9.32. The van der Waals surface area contributed by atoms with Gasteiger partial charge in [-0.2, -0.15) is 0 Å². The lowest BCUT2D eigenvalue weighted by molar-refractivity contribution is -0.137. The van der Waals surface area contributed by atoms with Gasteiger partial charge in [-0.1, -0.05) is 0 Å². The van der Waals surface area contributed by atoms with Gasteiger partial charge in [0.25, 0.3) is 0 Å². The molecule has 0 bridgehead atoms. The third kappa shape index (κ3) is 10.1. The number of urea groups is 1. The van der Waals surface area contributed by atoms with Gasteiger partial charge in [-0.25, -0.2) is 4.79 Å². The predicted octanol–water partition coefficient (Wildman–Crippen LogP) is -1.85. The minimum Gasteiger partial charge on any atom is -0.480 e. The van der Waals surface area contributed by atoms with Crippen molar-refractivity contribution in [3.63, 3.8) is 0 Å². The average molecular weight is 290 g/mol. The van der Waals surface area contributed by atoms with Gasteiger partial charge in [-0.3, -0.25) is 9.59 Å². The Morgan fingerprint density at radius 3 is 2.35 bits per heavy atom. The van der Waals surface area contributed by atoms with Gasteiger partial charge in [0.2, 0.25) is 5.91 Å². The van der Waals surface area contributed by atoms with E-state index in [1.807, 2.05) is 19.0 Å². The zero-order valence-corrected chi connectivity index (χ0v) is 11.8. The number of amides is 3. The molecule has 9 heteroatoms. The first-order valence-corrected chi connectivity index (χ1v) is 6.08. The number of ether oxygens (including phenoxy) is 1. The van der Waals surface area contributed by atoms with Crippen LogP contribution in [0.15, 0.2) is 0 Å². The Morgan fingerprint density at radius 2 is 1.85 bits per heavy atom. The Hall–Kier alpha value is -1.87. The van der Waals surface area contributed by atoms with E-state index in [-0.39, 0.29) is 6.54 Å². The Balaban J connectivity index is 3.94. The Labute approximate surface area is 117 Å². The van der Waals surface area contributed by atoms with Crippen molar-refractivity contribution in [3.05, 3.63) is 0 Å². The number of carboxylic acid groups (broad SMARTS) is 1. The van der Waals surface area contributed by atoms with Gasteiger partial charge in [-0.15, -0.1) is 0 Å². The molecule has 0 atom stereocenters. The van der Waals surface area contributed by atoms with Crippen LogP contribution in [0.2, 0.25) is 0 Å².